The lowest BCUT2D eigenvalue weighted by atomic mass is 9.96. The van der Waals surface area contributed by atoms with Gasteiger partial charge in [0.25, 0.3) is 0 Å². The average Bonchev–Trinajstić information content (AvgIpc) is 2.45. The summed E-state index contributed by atoms with van der Waals surface area (Å²) in [5.74, 6) is 0. The number of hydrogen-bond acceptors (Lipinski definition) is 3. The van der Waals surface area contributed by atoms with Gasteiger partial charge in [-0.3, -0.25) is 4.98 Å². The highest BCUT2D eigenvalue weighted by atomic mass is 35.5. The van der Waals surface area contributed by atoms with Gasteiger partial charge >= 0.3 is 6.18 Å². The van der Waals surface area contributed by atoms with Gasteiger partial charge in [0.15, 0.2) is 0 Å². The van der Waals surface area contributed by atoms with Gasteiger partial charge in [0.05, 0.1) is 16.3 Å². The van der Waals surface area contributed by atoms with E-state index in [1.165, 1.54) is 17.6 Å². The molecule has 0 atom stereocenters. The summed E-state index contributed by atoms with van der Waals surface area (Å²) < 4.78 is 39.3. The van der Waals surface area contributed by atoms with E-state index in [4.69, 9.17) is 29.6 Å². The lowest BCUT2D eigenvalue weighted by Crippen LogP contribution is -2.14. The Labute approximate surface area is 129 Å². The SMILES string of the molecule is NCc1c(C(F)(F)F)ccc(Cl)c1-c1ncccc1C=S. The van der Waals surface area contributed by atoms with Crippen molar-refractivity contribution in [2.45, 2.75) is 12.7 Å². The normalized spacial score (nSPS) is 11.5. The quantitative estimate of drug-likeness (QED) is 0.856. The van der Waals surface area contributed by atoms with Gasteiger partial charge in [-0.2, -0.15) is 13.2 Å². The Morgan fingerprint density at radius 3 is 2.57 bits per heavy atom. The number of thiocarbonyl (C=S) groups is 1. The Bertz CT molecular complexity index is 686. The van der Waals surface area contributed by atoms with Crippen molar-refractivity contribution < 1.29 is 13.2 Å². The van der Waals surface area contributed by atoms with E-state index in [1.807, 2.05) is 0 Å². The number of aromatic nitrogens is 1. The van der Waals surface area contributed by atoms with Crippen molar-refractivity contribution in [2.24, 2.45) is 5.73 Å². The summed E-state index contributed by atoms with van der Waals surface area (Å²) >= 11 is 11.0. The Hall–Kier alpha value is -1.50. The van der Waals surface area contributed by atoms with Gasteiger partial charge in [0, 0.05) is 29.2 Å². The van der Waals surface area contributed by atoms with Crippen molar-refractivity contribution in [3.8, 4) is 11.3 Å². The number of pyridine rings is 1. The van der Waals surface area contributed by atoms with Gasteiger partial charge < -0.3 is 5.73 Å². The molecule has 1 heterocycles. The topological polar surface area (TPSA) is 38.9 Å². The molecule has 0 bridgehead atoms. The molecular weight excluding hydrogens is 321 g/mol. The van der Waals surface area contributed by atoms with E-state index in [2.05, 4.69) is 4.98 Å². The highest BCUT2D eigenvalue weighted by Crippen LogP contribution is 2.40. The van der Waals surface area contributed by atoms with Gasteiger partial charge in [-0.15, -0.1) is 0 Å². The number of benzene rings is 1. The molecule has 0 amide bonds. The first-order valence-corrected chi connectivity index (χ1v) is 6.74. The molecule has 2 rings (SSSR count). The third-order valence-electron chi connectivity index (χ3n) is 2.97. The van der Waals surface area contributed by atoms with E-state index in [-0.39, 0.29) is 22.7 Å². The van der Waals surface area contributed by atoms with Crippen LogP contribution in [-0.4, -0.2) is 10.4 Å². The Morgan fingerprint density at radius 2 is 2.00 bits per heavy atom. The molecule has 110 valence electrons. The first-order valence-electron chi connectivity index (χ1n) is 5.89. The molecule has 0 aliphatic heterocycles. The minimum atomic E-state index is -4.51. The average molecular weight is 331 g/mol. The smallest absolute Gasteiger partial charge is 0.326 e. The van der Waals surface area contributed by atoms with Crippen molar-refractivity contribution >= 4 is 29.2 Å². The fraction of sp³-hybridized carbons (Fsp3) is 0.143. The van der Waals surface area contributed by atoms with Crippen molar-refractivity contribution in [2.75, 3.05) is 0 Å². The summed E-state index contributed by atoms with van der Waals surface area (Å²) in [6.45, 7) is -0.307. The molecule has 0 spiro atoms. The predicted molar refractivity (Wildman–Crippen MR) is 80.3 cm³/mol. The van der Waals surface area contributed by atoms with Gasteiger partial charge in [0.1, 0.15) is 0 Å². The maximum atomic E-state index is 13.1. The van der Waals surface area contributed by atoms with Gasteiger partial charge in [0.2, 0.25) is 0 Å². The van der Waals surface area contributed by atoms with Crippen LogP contribution < -0.4 is 5.73 Å². The molecule has 0 radical (unpaired) electrons. The van der Waals surface area contributed by atoms with Crippen LogP contribution in [0.15, 0.2) is 30.5 Å². The zero-order valence-electron chi connectivity index (χ0n) is 10.6. The van der Waals surface area contributed by atoms with E-state index >= 15 is 0 Å². The summed E-state index contributed by atoms with van der Waals surface area (Å²) in [5, 5.41) is 1.50. The summed E-state index contributed by atoms with van der Waals surface area (Å²) in [7, 11) is 0. The molecule has 2 nitrogen and oxygen atoms in total. The maximum absolute atomic E-state index is 13.1. The molecule has 21 heavy (non-hydrogen) atoms. The molecule has 7 heteroatoms. The molecular formula is C14H10ClF3N2S. The number of alkyl halides is 3. The van der Waals surface area contributed by atoms with Crippen LogP contribution in [0.2, 0.25) is 5.02 Å². The van der Waals surface area contributed by atoms with Crippen LogP contribution >= 0.6 is 23.8 Å². The van der Waals surface area contributed by atoms with Crippen molar-refractivity contribution in [1.82, 2.24) is 4.98 Å². The second-order valence-electron chi connectivity index (χ2n) is 4.21. The zero-order valence-corrected chi connectivity index (χ0v) is 12.2. The zero-order chi connectivity index (χ0) is 15.6. The minimum absolute atomic E-state index is 0.0909. The molecule has 0 aliphatic rings. The predicted octanol–water partition coefficient (Wildman–Crippen LogP) is 4.23. The van der Waals surface area contributed by atoms with Crippen LogP contribution in [0.3, 0.4) is 0 Å². The lowest BCUT2D eigenvalue weighted by molar-refractivity contribution is -0.138. The number of halogens is 4. The summed E-state index contributed by atoms with van der Waals surface area (Å²) in [5.41, 5.74) is 5.60. The molecule has 0 saturated heterocycles. The van der Waals surface area contributed by atoms with Gasteiger partial charge in [-0.25, -0.2) is 0 Å². The number of rotatable bonds is 3. The van der Waals surface area contributed by atoms with Crippen LogP contribution in [-0.2, 0) is 12.7 Å². The highest BCUT2D eigenvalue weighted by Gasteiger charge is 2.35. The van der Waals surface area contributed by atoms with Crippen molar-refractivity contribution in [1.29, 1.82) is 0 Å². The Kier molecular flexibility index (Phi) is 4.61. The van der Waals surface area contributed by atoms with Gasteiger partial charge in [-0.05, 0) is 23.8 Å². The monoisotopic (exact) mass is 330 g/mol. The summed E-state index contributed by atoms with van der Waals surface area (Å²) in [6.07, 6.45) is -3.05. The molecule has 2 N–H and O–H groups in total. The highest BCUT2D eigenvalue weighted by molar-refractivity contribution is 7.79. The van der Waals surface area contributed by atoms with E-state index in [0.717, 1.165) is 6.07 Å². The minimum Gasteiger partial charge on any atom is -0.326 e. The lowest BCUT2D eigenvalue weighted by Gasteiger charge is -2.17. The number of nitrogens with two attached hydrogens (primary N) is 1. The molecule has 0 unspecified atom stereocenters. The second kappa shape index (κ2) is 6.09. The summed E-state index contributed by atoms with van der Waals surface area (Å²) in [4.78, 5) is 4.11. The molecule has 0 fully saturated rings. The molecule has 0 saturated carbocycles. The third kappa shape index (κ3) is 3.07. The molecule has 0 aliphatic carbocycles. The Balaban J connectivity index is 2.82. The van der Waals surface area contributed by atoms with Crippen LogP contribution in [0.1, 0.15) is 16.7 Å². The number of hydrogen-bond donors (Lipinski definition) is 1. The molecule has 1 aromatic carbocycles. The summed E-state index contributed by atoms with van der Waals surface area (Å²) in [6, 6.07) is 5.42. The first kappa shape index (κ1) is 15.9. The fourth-order valence-corrected chi connectivity index (χ4v) is 2.53. The van der Waals surface area contributed by atoms with Crippen LogP contribution in [0.5, 0.6) is 0 Å². The van der Waals surface area contributed by atoms with E-state index in [9.17, 15) is 13.2 Å². The third-order valence-corrected chi connectivity index (χ3v) is 3.54. The molecule has 2 aromatic rings. The first-order chi connectivity index (χ1) is 9.90. The van der Waals surface area contributed by atoms with Crippen LogP contribution in [0.4, 0.5) is 13.2 Å². The maximum Gasteiger partial charge on any atom is 0.416 e. The molecule has 1 aromatic heterocycles. The fourth-order valence-electron chi connectivity index (χ4n) is 2.07. The Morgan fingerprint density at radius 1 is 1.29 bits per heavy atom. The van der Waals surface area contributed by atoms with E-state index < -0.39 is 11.7 Å². The van der Waals surface area contributed by atoms with Crippen LogP contribution in [0, 0.1) is 0 Å². The van der Waals surface area contributed by atoms with Crippen molar-refractivity contribution in [3.63, 3.8) is 0 Å². The second-order valence-corrected chi connectivity index (χ2v) is 4.85. The largest absolute Gasteiger partial charge is 0.416 e. The van der Waals surface area contributed by atoms with Crippen molar-refractivity contribution in [3.05, 3.63) is 52.2 Å². The van der Waals surface area contributed by atoms with Gasteiger partial charge in [-0.1, -0.05) is 29.9 Å². The van der Waals surface area contributed by atoms with Crippen LogP contribution in [0.25, 0.3) is 11.3 Å². The van der Waals surface area contributed by atoms with E-state index in [0.29, 0.717) is 11.3 Å². The number of nitrogens with zero attached hydrogens (tertiary/aromatic N) is 1. The van der Waals surface area contributed by atoms with E-state index in [1.54, 1.807) is 12.1 Å². The standard InChI is InChI=1S/C14H10ClF3N2S/c15-11-4-3-10(14(16,17)18)9(6-19)12(11)13-8(7-21)2-1-5-20-13/h1-5,7H,6,19H2.